The molecule has 0 aliphatic heterocycles. The van der Waals surface area contributed by atoms with Crippen LogP contribution in [0.4, 0.5) is 5.82 Å². The van der Waals surface area contributed by atoms with Crippen molar-refractivity contribution < 1.29 is 8.42 Å². The van der Waals surface area contributed by atoms with Crippen LogP contribution in [0, 0.1) is 11.3 Å². The molecule has 74 valence electrons. The summed E-state index contributed by atoms with van der Waals surface area (Å²) in [7, 11) is -3.61. The highest BCUT2D eigenvalue weighted by molar-refractivity contribution is 7.92. The summed E-state index contributed by atoms with van der Waals surface area (Å²) in [5, 5.41) is 8.62. The van der Waals surface area contributed by atoms with Crippen molar-refractivity contribution >= 4 is 27.4 Å². The zero-order valence-corrected chi connectivity index (χ0v) is 8.51. The topological polar surface area (TPSA) is 82.8 Å². The van der Waals surface area contributed by atoms with E-state index in [9.17, 15) is 8.42 Å². The normalized spacial score (nSPS) is 10.6. The van der Waals surface area contributed by atoms with E-state index in [0.717, 1.165) is 0 Å². The minimum atomic E-state index is -3.61. The first kappa shape index (κ1) is 10.8. The Kier molecular flexibility index (Phi) is 3.28. The number of aromatic nitrogens is 1. The Bertz CT molecular complexity index is 449. The monoisotopic (exact) mass is 231 g/mol. The number of rotatable bonds is 3. The van der Waals surface area contributed by atoms with Gasteiger partial charge in [0.25, 0.3) is 0 Å². The molecule has 0 amide bonds. The van der Waals surface area contributed by atoms with Gasteiger partial charge in [0.15, 0.2) is 5.75 Å². The summed E-state index contributed by atoms with van der Waals surface area (Å²) >= 11 is 5.55. The number of halogens is 1. The first-order valence-electron chi connectivity index (χ1n) is 3.52. The third-order valence-electron chi connectivity index (χ3n) is 1.24. The quantitative estimate of drug-likeness (QED) is 0.841. The lowest BCUT2D eigenvalue weighted by atomic mass is 10.5. The second-order valence-corrected chi connectivity index (χ2v) is 4.54. The van der Waals surface area contributed by atoms with E-state index in [1.54, 1.807) is 0 Å². The molecule has 0 aliphatic carbocycles. The number of pyridine rings is 1. The van der Waals surface area contributed by atoms with Gasteiger partial charge in [-0.15, -0.1) is 0 Å². The molecule has 0 aliphatic rings. The van der Waals surface area contributed by atoms with Crippen molar-refractivity contribution in [1.29, 1.82) is 5.26 Å². The van der Waals surface area contributed by atoms with E-state index in [1.165, 1.54) is 24.4 Å². The number of nitrogens with one attached hydrogen (secondary N) is 1. The van der Waals surface area contributed by atoms with E-state index in [2.05, 4.69) is 9.71 Å². The summed E-state index contributed by atoms with van der Waals surface area (Å²) in [5.74, 6) is -0.457. The Hall–Kier alpha value is -1.32. The lowest BCUT2D eigenvalue weighted by Crippen LogP contribution is -2.16. The fraction of sp³-hybridized carbons (Fsp3) is 0.143. The van der Waals surface area contributed by atoms with Crippen LogP contribution in [0.25, 0.3) is 0 Å². The lowest BCUT2D eigenvalue weighted by Gasteiger charge is -2.02. The fourth-order valence-electron chi connectivity index (χ4n) is 0.717. The molecule has 1 aromatic heterocycles. The molecule has 0 fully saturated rings. The van der Waals surface area contributed by atoms with Crippen LogP contribution >= 0.6 is 11.6 Å². The number of sulfonamides is 1. The summed E-state index contributed by atoms with van der Waals surface area (Å²) in [4.78, 5) is 3.71. The SMILES string of the molecule is N#CCS(=O)(=O)Nc1ccc(Cl)cn1. The van der Waals surface area contributed by atoms with Crippen LogP contribution in [0.15, 0.2) is 18.3 Å². The Morgan fingerprint density at radius 3 is 2.79 bits per heavy atom. The van der Waals surface area contributed by atoms with Crippen molar-refractivity contribution in [3.05, 3.63) is 23.4 Å². The molecule has 0 spiro atoms. The van der Waals surface area contributed by atoms with Gasteiger partial charge in [0.05, 0.1) is 11.1 Å². The maximum atomic E-state index is 11.1. The minimum Gasteiger partial charge on any atom is -0.266 e. The molecule has 0 bridgehead atoms. The van der Waals surface area contributed by atoms with Gasteiger partial charge in [-0.3, -0.25) is 4.72 Å². The average molecular weight is 232 g/mol. The van der Waals surface area contributed by atoms with Crippen molar-refractivity contribution in [2.75, 3.05) is 10.5 Å². The first-order chi connectivity index (χ1) is 6.53. The number of anilines is 1. The summed E-state index contributed by atoms with van der Waals surface area (Å²) < 4.78 is 24.3. The first-order valence-corrected chi connectivity index (χ1v) is 5.55. The molecule has 5 nitrogen and oxygen atoms in total. The van der Waals surface area contributed by atoms with Gasteiger partial charge >= 0.3 is 0 Å². The molecule has 1 aromatic rings. The van der Waals surface area contributed by atoms with Crippen LogP contribution in [0.2, 0.25) is 5.02 Å². The van der Waals surface area contributed by atoms with E-state index in [1.807, 2.05) is 0 Å². The zero-order valence-electron chi connectivity index (χ0n) is 6.94. The maximum absolute atomic E-state index is 11.1. The molecule has 0 radical (unpaired) electrons. The molecule has 1 N–H and O–H groups in total. The van der Waals surface area contributed by atoms with Crippen LogP contribution < -0.4 is 4.72 Å². The predicted molar refractivity (Wildman–Crippen MR) is 52.3 cm³/mol. The lowest BCUT2D eigenvalue weighted by molar-refractivity contribution is 0.604. The number of hydrogen-bond donors (Lipinski definition) is 1. The van der Waals surface area contributed by atoms with Gasteiger partial charge in [-0.1, -0.05) is 11.6 Å². The predicted octanol–water partition coefficient (Wildman–Crippen LogP) is 1.00. The van der Waals surface area contributed by atoms with E-state index in [-0.39, 0.29) is 5.82 Å². The second kappa shape index (κ2) is 4.26. The van der Waals surface area contributed by atoms with E-state index in [0.29, 0.717) is 5.02 Å². The largest absolute Gasteiger partial charge is 0.266 e. The van der Waals surface area contributed by atoms with Crippen LogP contribution in [0.3, 0.4) is 0 Å². The van der Waals surface area contributed by atoms with Crippen LogP contribution in [0.1, 0.15) is 0 Å². The van der Waals surface area contributed by atoms with Crippen LogP contribution in [-0.4, -0.2) is 19.2 Å². The Labute approximate surface area is 86.4 Å². The van der Waals surface area contributed by atoms with Gasteiger partial charge in [-0.2, -0.15) is 5.26 Å². The number of nitrogens with zero attached hydrogens (tertiary/aromatic N) is 2. The third kappa shape index (κ3) is 3.20. The molecule has 0 saturated heterocycles. The molecular weight excluding hydrogens is 226 g/mol. The highest BCUT2D eigenvalue weighted by atomic mass is 35.5. The van der Waals surface area contributed by atoms with Crippen molar-refractivity contribution in [3.63, 3.8) is 0 Å². The number of hydrogen-bond acceptors (Lipinski definition) is 4. The average Bonchev–Trinajstić information content (AvgIpc) is 2.08. The molecule has 1 heterocycles. The Morgan fingerprint density at radius 2 is 2.29 bits per heavy atom. The fourth-order valence-corrected chi connectivity index (χ4v) is 1.51. The van der Waals surface area contributed by atoms with Gasteiger partial charge in [-0.05, 0) is 12.1 Å². The van der Waals surface area contributed by atoms with Crippen molar-refractivity contribution in [2.45, 2.75) is 0 Å². The van der Waals surface area contributed by atoms with Gasteiger partial charge in [0.2, 0.25) is 10.0 Å². The van der Waals surface area contributed by atoms with Crippen LogP contribution in [0.5, 0.6) is 0 Å². The summed E-state index contributed by atoms with van der Waals surface area (Å²) in [6, 6.07) is 4.45. The van der Waals surface area contributed by atoms with E-state index < -0.39 is 15.8 Å². The van der Waals surface area contributed by atoms with Crippen molar-refractivity contribution in [2.24, 2.45) is 0 Å². The Morgan fingerprint density at radius 1 is 1.57 bits per heavy atom. The zero-order chi connectivity index (χ0) is 10.6. The second-order valence-electron chi connectivity index (χ2n) is 2.38. The molecule has 14 heavy (non-hydrogen) atoms. The summed E-state index contributed by atoms with van der Waals surface area (Å²) in [5.41, 5.74) is 0. The van der Waals surface area contributed by atoms with Crippen LogP contribution in [-0.2, 0) is 10.0 Å². The molecule has 7 heteroatoms. The van der Waals surface area contributed by atoms with Gasteiger partial charge in [-0.25, -0.2) is 13.4 Å². The standard InChI is InChI=1S/C7H6ClN3O2S/c8-6-1-2-7(10-5-6)11-14(12,13)4-3-9/h1-2,5H,4H2,(H,10,11). The molecule has 0 unspecified atom stereocenters. The molecule has 0 saturated carbocycles. The third-order valence-corrected chi connectivity index (χ3v) is 2.49. The molecule has 0 aromatic carbocycles. The Balaban J connectivity index is 2.80. The maximum Gasteiger partial charge on any atom is 0.247 e. The van der Waals surface area contributed by atoms with Gasteiger partial charge < -0.3 is 0 Å². The van der Waals surface area contributed by atoms with Gasteiger partial charge in [0.1, 0.15) is 5.82 Å². The molecular formula is C7H6ClN3O2S. The minimum absolute atomic E-state index is 0.143. The highest BCUT2D eigenvalue weighted by Crippen LogP contribution is 2.10. The smallest absolute Gasteiger partial charge is 0.247 e. The highest BCUT2D eigenvalue weighted by Gasteiger charge is 2.09. The van der Waals surface area contributed by atoms with Gasteiger partial charge in [0, 0.05) is 6.20 Å². The summed E-state index contributed by atoms with van der Waals surface area (Å²) in [6.45, 7) is 0. The number of nitriles is 1. The van der Waals surface area contributed by atoms with Crippen molar-refractivity contribution in [3.8, 4) is 6.07 Å². The molecule has 1 rings (SSSR count). The van der Waals surface area contributed by atoms with E-state index in [4.69, 9.17) is 16.9 Å². The summed E-state index contributed by atoms with van der Waals surface area (Å²) in [6.07, 6.45) is 1.31. The van der Waals surface area contributed by atoms with E-state index >= 15 is 0 Å². The molecule has 0 atom stereocenters. The van der Waals surface area contributed by atoms with Crippen molar-refractivity contribution in [1.82, 2.24) is 4.98 Å².